The molecule has 1 saturated heterocycles. The van der Waals surface area contributed by atoms with Gasteiger partial charge in [0.25, 0.3) is 5.97 Å². The van der Waals surface area contributed by atoms with Gasteiger partial charge in [-0.3, -0.25) is 4.79 Å². The van der Waals surface area contributed by atoms with Gasteiger partial charge in [0.1, 0.15) is 0 Å². The van der Waals surface area contributed by atoms with Crippen LogP contribution < -0.4 is 0 Å². The summed E-state index contributed by atoms with van der Waals surface area (Å²) in [5, 5.41) is 16.2. The molecule has 66 valence electrons. The number of aliphatic carboxylic acids is 1. The lowest BCUT2D eigenvalue weighted by Crippen LogP contribution is -2.19. The second-order valence-corrected chi connectivity index (χ2v) is 2.36. The van der Waals surface area contributed by atoms with Crippen LogP contribution in [0.1, 0.15) is 19.8 Å². The van der Waals surface area contributed by atoms with E-state index >= 15 is 0 Å². The van der Waals surface area contributed by atoms with Crippen LogP contribution >= 0.6 is 0 Å². The van der Waals surface area contributed by atoms with E-state index in [1.165, 1.54) is 0 Å². The standard InChI is InChI=1S/C5H10O2.C2H4O2/c6-5-1-3-7-4-2-5;1-2(3)4/h5-6H,1-4H2;1H3,(H,3,4). The van der Waals surface area contributed by atoms with Gasteiger partial charge in [-0.2, -0.15) is 0 Å². The summed E-state index contributed by atoms with van der Waals surface area (Å²) in [4.78, 5) is 9.00. The van der Waals surface area contributed by atoms with Gasteiger partial charge in [-0.25, -0.2) is 0 Å². The molecule has 1 aliphatic heterocycles. The van der Waals surface area contributed by atoms with Crippen molar-refractivity contribution in [3.05, 3.63) is 0 Å². The van der Waals surface area contributed by atoms with Crippen molar-refractivity contribution < 1.29 is 19.7 Å². The maximum absolute atomic E-state index is 9.00. The Balaban J connectivity index is 0.000000218. The molecule has 2 N–H and O–H groups in total. The van der Waals surface area contributed by atoms with E-state index in [4.69, 9.17) is 19.7 Å². The third-order valence-electron chi connectivity index (χ3n) is 1.19. The van der Waals surface area contributed by atoms with Gasteiger partial charge in [0.2, 0.25) is 0 Å². The Morgan fingerprint density at radius 1 is 1.45 bits per heavy atom. The molecule has 0 amide bonds. The highest BCUT2D eigenvalue weighted by Gasteiger charge is 2.07. The van der Waals surface area contributed by atoms with E-state index in [1.807, 2.05) is 0 Å². The summed E-state index contributed by atoms with van der Waals surface area (Å²) in [7, 11) is 0. The SMILES string of the molecule is CC(=O)O.OC1CCOCC1. The van der Waals surface area contributed by atoms with Crippen molar-refractivity contribution in [3.8, 4) is 0 Å². The van der Waals surface area contributed by atoms with Gasteiger partial charge < -0.3 is 14.9 Å². The van der Waals surface area contributed by atoms with Crippen molar-refractivity contribution in [2.75, 3.05) is 13.2 Å². The summed E-state index contributed by atoms with van der Waals surface area (Å²) in [5.41, 5.74) is 0. The zero-order valence-corrected chi connectivity index (χ0v) is 6.62. The molecule has 0 aromatic rings. The predicted molar refractivity (Wildman–Crippen MR) is 39.4 cm³/mol. The van der Waals surface area contributed by atoms with Gasteiger partial charge in [0.15, 0.2) is 0 Å². The topological polar surface area (TPSA) is 66.8 Å². The van der Waals surface area contributed by atoms with Crippen LogP contribution in [0.15, 0.2) is 0 Å². The third-order valence-corrected chi connectivity index (χ3v) is 1.19. The minimum absolute atomic E-state index is 0.0891. The molecule has 0 unspecified atom stereocenters. The average Bonchev–Trinajstić information content (AvgIpc) is 1.87. The van der Waals surface area contributed by atoms with Crippen LogP contribution in [0.3, 0.4) is 0 Å². The third kappa shape index (κ3) is 9.39. The largest absolute Gasteiger partial charge is 0.481 e. The van der Waals surface area contributed by atoms with Crippen molar-refractivity contribution in [1.82, 2.24) is 0 Å². The zero-order chi connectivity index (χ0) is 8.69. The highest BCUT2D eigenvalue weighted by molar-refractivity contribution is 5.62. The van der Waals surface area contributed by atoms with Crippen LogP contribution in [0.2, 0.25) is 0 Å². The zero-order valence-electron chi connectivity index (χ0n) is 6.62. The molecule has 4 heteroatoms. The molecular formula is C7H14O4. The second kappa shape index (κ2) is 6.12. The van der Waals surface area contributed by atoms with E-state index in [0.29, 0.717) is 0 Å². The molecule has 0 spiro atoms. The van der Waals surface area contributed by atoms with Crippen LogP contribution in [0.4, 0.5) is 0 Å². The molecule has 0 saturated carbocycles. The Hall–Kier alpha value is -0.610. The summed E-state index contributed by atoms with van der Waals surface area (Å²) in [5.74, 6) is -0.833. The van der Waals surface area contributed by atoms with E-state index in [0.717, 1.165) is 33.0 Å². The summed E-state index contributed by atoms with van der Waals surface area (Å²) in [6.07, 6.45) is 1.55. The number of aliphatic hydroxyl groups is 1. The van der Waals surface area contributed by atoms with Crippen LogP contribution in [-0.4, -0.2) is 35.5 Å². The van der Waals surface area contributed by atoms with Gasteiger partial charge in [0, 0.05) is 20.1 Å². The molecule has 1 heterocycles. The summed E-state index contributed by atoms with van der Waals surface area (Å²) in [6, 6.07) is 0. The summed E-state index contributed by atoms with van der Waals surface area (Å²) < 4.78 is 4.98. The molecule has 0 radical (unpaired) electrons. The molecule has 1 rings (SSSR count). The summed E-state index contributed by atoms with van der Waals surface area (Å²) in [6.45, 7) is 2.56. The van der Waals surface area contributed by atoms with E-state index in [9.17, 15) is 0 Å². The van der Waals surface area contributed by atoms with E-state index in [2.05, 4.69) is 0 Å². The number of carboxylic acid groups (broad SMARTS) is 1. The van der Waals surface area contributed by atoms with Crippen LogP contribution in [0, 0.1) is 0 Å². The van der Waals surface area contributed by atoms with Crippen molar-refractivity contribution >= 4 is 5.97 Å². The first kappa shape index (κ1) is 10.4. The summed E-state index contributed by atoms with van der Waals surface area (Å²) >= 11 is 0. The Kier molecular flexibility index (Phi) is 5.78. The fraction of sp³-hybridized carbons (Fsp3) is 0.857. The maximum Gasteiger partial charge on any atom is 0.300 e. The molecule has 0 aliphatic carbocycles. The molecule has 1 aliphatic rings. The number of carboxylic acids is 1. The van der Waals surface area contributed by atoms with Crippen LogP contribution in [0.25, 0.3) is 0 Å². The van der Waals surface area contributed by atoms with Gasteiger partial charge in [-0.05, 0) is 12.8 Å². The molecule has 0 atom stereocenters. The minimum Gasteiger partial charge on any atom is -0.481 e. The lowest BCUT2D eigenvalue weighted by atomic mass is 10.2. The van der Waals surface area contributed by atoms with Crippen molar-refractivity contribution in [1.29, 1.82) is 0 Å². The number of hydrogen-bond donors (Lipinski definition) is 2. The second-order valence-electron chi connectivity index (χ2n) is 2.36. The van der Waals surface area contributed by atoms with Crippen molar-refractivity contribution in [2.45, 2.75) is 25.9 Å². The van der Waals surface area contributed by atoms with E-state index in [-0.39, 0.29) is 6.10 Å². The fourth-order valence-corrected chi connectivity index (χ4v) is 0.685. The smallest absolute Gasteiger partial charge is 0.300 e. The lowest BCUT2D eigenvalue weighted by molar-refractivity contribution is -0.134. The van der Waals surface area contributed by atoms with Gasteiger partial charge >= 0.3 is 0 Å². The van der Waals surface area contributed by atoms with Gasteiger partial charge in [-0.1, -0.05) is 0 Å². The van der Waals surface area contributed by atoms with E-state index < -0.39 is 5.97 Å². The molecule has 1 fully saturated rings. The number of rotatable bonds is 0. The molecule has 0 bridgehead atoms. The highest BCUT2D eigenvalue weighted by atomic mass is 16.5. The minimum atomic E-state index is -0.833. The molecule has 4 nitrogen and oxygen atoms in total. The van der Waals surface area contributed by atoms with Crippen LogP contribution in [0.5, 0.6) is 0 Å². The molecular weight excluding hydrogens is 148 g/mol. The molecule has 0 aromatic carbocycles. The molecule has 0 aromatic heterocycles. The Morgan fingerprint density at radius 2 is 1.82 bits per heavy atom. The highest BCUT2D eigenvalue weighted by Crippen LogP contribution is 2.04. The Morgan fingerprint density at radius 3 is 2.00 bits per heavy atom. The van der Waals surface area contributed by atoms with Gasteiger partial charge in [-0.15, -0.1) is 0 Å². The number of hydrogen-bond acceptors (Lipinski definition) is 3. The monoisotopic (exact) mass is 162 g/mol. The first-order chi connectivity index (χ1) is 5.13. The fourth-order valence-electron chi connectivity index (χ4n) is 0.685. The normalized spacial score (nSPS) is 18.4. The predicted octanol–water partition coefficient (Wildman–Crippen LogP) is 0.249. The number of ether oxygens (including phenoxy) is 1. The van der Waals surface area contributed by atoms with Crippen molar-refractivity contribution in [2.24, 2.45) is 0 Å². The van der Waals surface area contributed by atoms with Gasteiger partial charge in [0.05, 0.1) is 6.10 Å². The number of aliphatic hydroxyl groups excluding tert-OH is 1. The molecule has 11 heavy (non-hydrogen) atoms. The maximum atomic E-state index is 9.00. The quantitative estimate of drug-likeness (QED) is 0.535. The number of carbonyl (C=O) groups is 1. The Bertz CT molecular complexity index is 103. The van der Waals surface area contributed by atoms with E-state index in [1.54, 1.807) is 0 Å². The Labute approximate surface area is 65.8 Å². The van der Waals surface area contributed by atoms with Crippen molar-refractivity contribution in [3.63, 3.8) is 0 Å². The first-order valence-corrected chi connectivity index (χ1v) is 3.58. The van der Waals surface area contributed by atoms with Crippen LogP contribution in [-0.2, 0) is 9.53 Å². The first-order valence-electron chi connectivity index (χ1n) is 3.58. The lowest BCUT2D eigenvalue weighted by Gasteiger charge is -2.15. The average molecular weight is 162 g/mol.